The Bertz CT molecular complexity index is 1110. The molecule has 1 aliphatic carbocycles. The number of benzene rings is 1. The van der Waals surface area contributed by atoms with Crippen molar-refractivity contribution in [3.05, 3.63) is 34.2 Å². The average molecular weight is 484 g/mol. The molecule has 0 saturated carbocycles. The standard InChI is InChI=1S/C21H25NO8S2/c1-4-28-18(23)12-30-16-11-13(9-10-15(16)27-3)32(25,26)22-20-19(21(24)29-5-2)14-7-6-8-17(14)31-20/h9-11,22H,4-8,12H2,1-3H3. The number of thiophene rings is 1. The number of fused-ring (bicyclic) bond motifs is 1. The Hall–Kier alpha value is -2.79. The Morgan fingerprint density at radius 2 is 1.84 bits per heavy atom. The van der Waals surface area contributed by atoms with Crippen molar-refractivity contribution in [2.24, 2.45) is 0 Å². The van der Waals surface area contributed by atoms with Crippen molar-refractivity contribution in [3.63, 3.8) is 0 Å². The molecular weight excluding hydrogens is 458 g/mol. The van der Waals surface area contributed by atoms with Crippen LogP contribution in [-0.2, 0) is 37.1 Å². The molecule has 0 bridgehead atoms. The van der Waals surface area contributed by atoms with E-state index < -0.39 is 28.6 Å². The molecule has 0 saturated heterocycles. The molecule has 0 radical (unpaired) electrons. The first-order chi connectivity index (χ1) is 15.3. The Balaban J connectivity index is 1.90. The molecule has 1 aromatic heterocycles. The number of methoxy groups -OCH3 is 1. The van der Waals surface area contributed by atoms with E-state index in [0.29, 0.717) is 6.42 Å². The van der Waals surface area contributed by atoms with Crippen LogP contribution >= 0.6 is 11.3 Å². The van der Waals surface area contributed by atoms with Gasteiger partial charge < -0.3 is 18.9 Å². The van der Waals surface area contributed by atoms with Crippen LogP contribution in [0.25, 0.3) is 0 Å². The van der Waals surface area contributed by atoms with Gasteiger partial charge in [0.25, 0.3) is 10.0 Å². The number of nitrogens with one attached hydrogen (secondary N) is 1. The van der Waals surface area contributed by atoms with E-state index in [1.54, 1.807) is 13.8 Å². The van der Waals surface area contributed by atoms with Crippen LogP contribution in [0.1, 0.15) is 41.1 Å². The largest absolute Gasteiger partial charge is 0.493 e. The van der Waals surface area contributed by atoms with Gasteiger partial charge >= 0.3 is 11.9 Å². The van der Waals surface area contributed by atoms with Crippen LogP contribution in [0.5, 0.6) is 11.5 Å². The third kappa shape index (κ3) is 5.16. The number of carbonyl (C=O) groups is 2. The summed E-state index contributed by atoms with van der Waals surface area (Å²) in [6.07, 6.45) is 2.42. The van der Waals surface area contributed by atoms with Crippen LogP contribution in [0.15, 0.2) is 23.1 Å². The Kier molecular flexibility index (Phi) is 7.62. The highest BCUT2D eigenvalue weighted by molar-refractivity contribution is 7.93. The maximum Gasteiger partial charge on any atom is 0.344 e. The minimum Gasteiger partial charge on any atom is -0.493 e. The molecule has 1 N–H and O–H groups in total. The van der Waals surface area contributed by atoms with Gasteiger partial charge in [0.05, 0.1) is 30.8 Å². The fraction of sp³-hybridized carbons (Fsp3) is 0.429. The normalized spacial score (nSPS) is 12.7. The third-order valence-corrected chi connectivity index (χ3v) is 7.41. The quantitative estimate of drug-likeness (QED) is 0.512. The van der Waals surface area contributed by atoms with E-state index in [9.17, 15) is 18.0 Å². The smallest absolute Gasteiger partial charge is 0.344 e. The Morgan fingerprint density at radius 1 is 1.09 bits per heavy atom. The molecule has 2 aromatic rings. The number of carbonyl (C=O) groups excluding carboxylic acids is 2. The van der Waals surface area contributed by atoms with Gasteiger partial charge in [-0.1, -0.05) is 0 Å². The minimum atomic E-state index is -4.07. The number of hydrogen-bond donors (Lipinski definition) is 1. The molecular formula is C21H25NO8S2. The van der Waals surface area contributed by atoms with Crippen molar-refractivity contribution >= 4 is 38.3 Å². The summed E-state index contributed by atoms with van der Waals surface area (Å²) in [7, 11) is -2.67. The van der Waals surface area contributed by atoms with E-state index >= 15 is 0 Å². The van der Waals surface area contributed by atoms with Gasteiger partial charge in [-0.05, 0) is 50.8 Å². The molecule has 0 aliphatic heterocycles. The SMILES string of the molecule is CCOC(=O)COc1cc(S(=O)(=O)Nc2sc3c(c2C(=O)OCC)CCC3)ccc1OC. The zero-order valence-corrected chi connectivity index (χ0v) is 19.7. The molecule has 0 unspecified atom stereocenters. The van der Waals surface area contributed by atoms with E-state index in [-0.39, 0.29) is 40.2 Å². The highest BCUT2D eigenvalue weighted by Gasteiger charge is 2.30. The summed E-state index contributed by atoms with van der Waals surface area (Å²) in [5, 5.41) is 0.234. The van der Waals surface area contributed by atoms with Crippen LogP contribution in [0.4, 0.5) is 5.00 Å². The summed E-state index contributed by atoms with van der Waals surface area (Å²) in [5.74, 6) is -0.802. The number of rotatable bonds is 10. The summed E-state index contributed by atoms with van der Waals surface area (Å²) < 4.78 is 49.3. The zero-order valence-electron chi connectivity index (χ0n) is 18.1. The fourth-order valence-corrected chi connectivity index (χ4v) is 5.95. The lowest BCUT2D eigenvalue weighted by atomic mass is 10.1. The summed E-state index contributed by atoms with van der Waals surface area (Å²) in [6.45, 7) is 3.36. The van der Waals surface area contributed by atoms with E-state index in [1.165, 1.54) is 36.6 Å². The number of anilines is 1. The summed E-state index contributed by atoms with van der Waals surface area (Å²) in [4.78, 5) is 25.0. The molecule has 0 spiro atoms. The van der Waals surface area contributed by atoms with Crippen LogP contribution in [0.2, 0.25) is 0 Å². The van der Waals surface area contributed by atoms with Crippen molar-refractivity contribution in [2.75, 3.05) is 31.7 Å². The zero-order chi connectivity index (χ0) is 23.3. The van der Waals surface area contributed by atoms with Crippen LogP contribution in [-0.4, -0.2) is 47.3 Å². The van der Waals surface area contributed by atoms with Gasteiger partial charge in [0.1, 0.15) is 5.00 Å². The lowest BCUT2D eigenvalue weighted by Gasteiger charge is -2.13. The van der Waals surface area contributed by atoms with Crippen molar-refractivity contribution in [1.82, 2.24) is 0 Å². The van der Waals surface area contributed by atoms with Gasteiger partial charge in [-0.25, -0.2) is 18.0 Å². The molecule has 1 aromatic carbocycles. The molecule has 32 heavy (non-hydrogen) atoms. The second kappa shape index (κ2) is 10.2. The number of ether oxygens (including phenoxy) is 4. The van der Waals surface area contributed by atoms with Crippen molar-refractivity contribution in [3.8, 4) is 11.5 Å². The number of aryl methyl sites for hydroxylation is 1. The first-order valence-corrected chi connectivity index (χ1v) is 12.4. The molecule has 0 amide bonds. The maximum absolute atomic E-state index is 13.1. The molecule has 3 rings (SSSR count). The summed E-state index contributed by atoms with van der Waals surface area (Å²) >= 11 is 1.25. The molecule has 11 heteroatoms. The lowest BCUT2D eigenvalue weighted by Crippen LogP contribution is -2.17. The number of esters is 2. The van der Waals surface area contributed by atoms with Gasteiger partial charge in [0.15, 0.2) is 18.1 Å². The Morgan fingerprint density at radius 3 is 2.53 bits per heavy atom. The van der Waals surface area contributed by atoms with Crippen molar-refractivity contribution < 1.29 is 37.0 Å². The molecule has 0 atom stereocenters. The van der Waals surface area contributed by atoms with Crippen LogP contribution in [0, 0.1) is 0 Å². The second-order valence-electron chi connectivity index (χ2n) is 6.79. The summed E-state index contributed by atoms with van der Waals surface area (Å²) in [6, 6.07) is 4.03. The van der Waals surface area contributed by atoms with Gasteiger partial charge in [0.2, 0.25) is 0 Å². The molecule has 0 fully saturated rings. The predicted octanol–water partition coefficient (Wildman–Crippen LogP) is 3.16. The van der Waals surface area contributed by atoms with Crippen molar-refractivity contribution in [2.45, 2.75) is 38.0 Å². The van der Waals surface area contributed by atoms with Crippen LogP contribution in [0.3, 0.4) is 0 Å². The van der Waals surface area contributed by atoms with Gasteiger partial charge in [-0.2, -0.15) is 0 Å². The van der Waals surface area contributed by atoms with Gasteiger partial charge in [0, 0.05) is 10.9 Å². The maximum atomic E-state index is 13.1. The second-order valence-corrected chi connectivity index (χ2v) is 9.58. The molecule has 1 aliphatic rings. The summed E-state index contributed by atoms with van der Waals surface area (Å²) in [5.41, 5.74) is 1.12. The molecule has 1 heterocycles. The van der Waals surface area contributed by atoms with Crippen LogP contribution < -0.4 is 14.2 Å². The minimum absolute atomic E-state index is 0.0720. The number of hydrogen-bond acceptors (Lipinski definition) is 9. The highest BCUT2D eigenvalue weighted by atomic mass is 32.2. The molecule has 9 nitrogen and oxygen atoms in total. The van der Waals surface area contributed by atoms with Crippen molar-refractivity contribution in [1.29, 1.82) is 0 Å². The first-order valence-electron chi connectivity index (χ1n) is 10.1. The average Bonchev–Trinajstić information content (AvgIpc) is 3.32. The van der Waals surface area contributed by atoms with Gasteiger partial charge in [-0.3, -0.25) is 4.72 Å². The van der Waals surface area contributed by atoms with Gasteiger partial charge in [-0.15, -0.1) is 11.3 Å². The highest BCUT2D eigenvalue weighted by Crippen LogP contribution is 2.41. The molecule has 174 valence electrons. The lowest BCUT2D eigenvalue weighted by molar-refractivity contribution is -0.145. The van der Waals surface area contributed by atoms with E-state index in [0.717, 1.165) is 23.3 Å². The van der Waals surface area contributed by atoms with E-state index in [4.69, 9.17) is 18.9 Å². The predicted molar refractivity (Wildman–Crippen MR) is 118 cm³/mol. The van der Waals surface area contributed by atoms with E-state index in [2.05, 4.69) is 4.72 Å². The van der Waals surface area contributed by atoms with E-state index in [1.807, 2.05) is 0 Å². The number of sulfonamides is 1. The fourth-order valence-electron chi connectivity index (χ4n) is 3.35. The topological polar surface area (TPSA) is 117 Å². The monoisotopic (exact) mass is 483 g/mol. The third-order valence-electron chi connectivity index (χ3n) is 4.72. The Labute approximate surface area is 190 Å². The first kappa shape index (κ1) is 23.9.